The molecule has 0 aromatic heterocycles. The maximum absolute atomic E-state index is 5.79. The number of nitrogens with one attached hydrogen (secondary N) is 2. The minimum absolute atomic E-state index is 0.265. The lowest BCUT2D eigenvalue weighted by molar-refractivity contribution is 0.0420. The Morgan fingerprint density at radius 2 is 2.11 bits per heavy atom. The topological polar surface area (TPSA) is 73.3 Å². The molecule has 0 radical (unpaired) electrons. The molecule has 0 spiro atoms. The molecule has 158 valence electrons. The molecule has 0 saturated carbocycles. The van der Waals surface area contributed by atoms with Crippen molar-refractivity contribution < 1.29 is 18.9 Å². The Kier molecular flexibility index (Phi) is 10.5. The lowest BCUT2D eigenvalue weighted by atomic mass is 10.2. The second-order valence-electron chi connectivity index (χ2n) is 6.67. The highest BCUT2D eigenvalue weighted by atomic mass is 16.5. The minimum atomic E-state index is 0.265. The van der Waals surface area contributed by atoms with E-state index in [1.165, 1.54) is 0 Å². The summed E-state index contributed by atoms with van der Waals surface area (Å²) in [4.78, 5) is 4.66. The molecule has 28 heavy (non-hydrogen) atoms. The number of rotatable bonds is 12. The molecule has 2 N–H and O–H groups in total. The first kappa shape index (κ1) is 22.3. The highest BCUT2D eigenvalue weighted by Crippen LogP contribution is 2.28. The molecule has 0 aliphatic carbocycles. The van der Waals surface area contributed by atoms with Gasteiger partial charge in [-0.15, -0.1) is 0 Å². The molecule has 1 fully saturated rings. The molecule has 7 nitrogen and oxygen atoms in total. The standard InChI is InChI=1S/C21H35N3O4/c1-4-11-28-19-8-7-17(14-20(19)25-3)15-24-21(22-5-2)23-10-6-12-27-18-9-13-26-16-18/h7-8,14,18H,4-6,9-13,15-16H2,1-3H3,(H2,22,23,24). The maximum atomic E-state index is 5.79. The number of nitrogens with zero attached hydrogens (tertiary/aromatic N) is 1. The number of ether oxygens (including phenoxy) is 4. The van der Waals surface area contributed by atoms with E-state index >= 15 is 0 Å². The molecular formula is C21H35N3O4. The van der Waals surface area contributed by atoms with Crippen LogP contribution in [0.25, 0.3) is 0 Å². The van der Waals surface area contributed by atoms with Crippen LogP contribution in [-0.4, -0.2) is 58.7 Å². The zero-order chi connectivity index (χ0) is 20.0. The molecule has 1 atom stereocenters. The maximum Gasteiger partial charge on any atom is 0.191 e. The molecule has 1 aliphatic heterocycles. The number of aliphatic imine (C=N–C) groups is 1. The van der Waals surface area contributed by atoms with Gasteiger partial charge in [0.15, 0.2) is 17.5 Å². The van der Waals surface area contributed by atoms with Crippen LogP contribution in [0.15, 0.2) is 23.2 Å². The van der Waals surface area contributed by atoms with Crippen LogP contribution < -0.4 is 20.1 Å². The first-order valence-electron chi connectivity index (χ1n) is 10.3. The zero-order valence-electron chi connectivity index (χ0n) is 17.5. The first-order valence-corrected chi connectivity index (χ1v) is 10.3. The third-order valence-electron chi connectivity index (χ3n) is 4.31. The van der Waals surface area contributed by atoms with Crippen molar-refractivity contribution in [1.82, 2.24) is 10.6 Å². The lowest BCUT2D eigenvalue weighted by Gasteiger charge is -2.13. The molecule has 7 heteroatoms. The second kappa shape index (κ2) is 13.2. The molecule has 1 unspecified atom stereocenters. The van der Waals surface area contributed by atoms with Crippen molar-refractivity contribution in [3.63, 3.8) is 0 Å². The van der Waals surface area contributed by atoms with Crippen LogP contribution in [0.5, 0.6) is 11.5 Å². The number of hydrogen-bond acceptors (Lipinski definition) is 5. The average Bonchev–Trinajstić information content (AvgIpc) is 3.23. The van der Waals surface area contributed by atoms with Crippen molar-refractivity contribution >= 4 is 5.96 Å². The SMILES string of the molecule is CCCOc1ccc(CN=C(NCC)NCCCOC2CCOC2)cc1OC. The van der Waals surface area contributed by atoms with Gasteiger partial charge in [0.2, 0.25) is 0 Å². The van der Waals surface area contributed by atoms with Crippen molar-refractivity contribution in [2.75, 3.05) is 46.6 Å². The number of guanidine groups is 1. The van der Waals surface area contributed by atoms with Crippen molar-refractivity contribution in [3.8, 4) is 11.5 Å². The third kappa shape index (κ3) is 7.94. The molecule has 0 amide bonds. The number of hydrogen-bond donors (Lipinski definition) is 2. The van der Waals surface area contributed by atoms with Gasteiger partial charge in [-0.05, 0) is 43.9 Å². The summed E-state index contributed by atoms with van der Waals surface area (Å²) >= 11 is 0. The Hall–Kier alpha value is -1.99. The quantitative estimate of drug-likeness (QED) is 0.323. The van der Waals surface area contributed by atoms with Gasteiger partial charge in [-0.1, -0.05) is 13.0 Å². The monoisotopic (exact) mass is 393 g/mol. The number of benzene rings is 1. The van der Waals surface area contributed by atoms with E-state index in [1.807, 2.05) is 18.2 Å². The van der Waals surface area contributed by atoms with Crippen LogP contribution in [0.1, 0.15) is 38.7 Å². The Morgan fingerprint density at radius 3 is 2.82 bits per heavy atom. The van der Waals surface area contributed by atoms with E-state index in [-0.39, 0.29) is 6.10 Å². The summed E-state index contributed by atoms with van der Waals surface area (Å²) in [6.07, 6.45) is 3.16. The van der Waals surface area contributed by atoms with E-state index < -0.39 is 0 Å². The van der Waals surface area contributed by atoms with E-state index in [9.17, 15) is 0 Å². The minimum Gasteiger partial charge on any atom is -0.493 e. The average molecular weight is 394 g/mol. The molecule has 1 heterocycles. The Labute approximate surface area is 168 Å². The van der Waals surface area contributed by atoms with Crippen molar-refractivity contribution in [2.24, 2.45) is 4.99 Å². The molecular weight excluding hydrogens is 358 g/mol. The van der Waals surface area contributed by atoms with Gasteiger partial charge in [-0.25, -0.2) is 4.99 Å². The highest BCUT2D eigenvalue weighted by molar-refractivity contribution is 5.79. The van der Waals surface area contributed by atoms with E-state index in [0.717, 1.165) is 75.2 Å². The van der Waals surface area contributed by atoms with Gasteiger partial charge in [0.25, 0.3) is 0 Å². The first-order chi connectivity index (χ1) is 13.8. The Bertz CT molecular complexity index is 589. The highest BCUT2D eigenvalue weighted by Gasteiger charge is 2.15. The Balaban J connectivity index is 1.80. The van der Waals surface area contributed by atoms with Crippen LogP contribution in [0, 0.1) is 0 Å². The van der Waals surface area contributed by atoms with Crippen molar-refractivity contribution in [2.45, 2.75) is 45.8 Å². The van der Waals surface area contributed by atoms with Gasteiger partial charge in [0.1, 0.15) is 0 Å². The van der Waals surface area contributed by atoms with E-state index in [1.54, 1.807) is 7.11 Å². The van der Waals surface area contributed by atoms with E-state index in [4.69, 9.17) is 18.9 Å². The van der Waals surface area contributed by atoms with E-state index in [2.05, 4.69) is 29.5 Å². The summed E-state index contributed by atoms with van der Waals surface area (Å²) in [5.41, 5.74) is 1.07. The lowest BCUT2D eigenvalue weighted by Crippen LogP contribution is -2.38. The molecule has 1 aromatic carbocycles. The van der Waals surface area contributed by atoms with Crippen LogP contribution >= 0.6 is 0 Å². The van der Waals surface area contributed by atoms with Crippen molar-refractivity contribution in [3.05, 3.63) is 23.8 Å². The fourth-order valence-electron chi connectivity index (χ4n) is 2.83. The smallest absolute Gasteiger partial charge is 0.191 e. The number of methoxy groups -OCH3 is 1. The van der Waals surface area contributed by atoms with Gasteiger partial charge in [-0.3, -0.25) is 0 Å². The summed E-state index contributed by atoms with van der Waals surface area (Å²) in [7, 11) is 1.66. The second-order valence-corrected chi connectivity index (χ2v) is 6.67. The molecule has 1 aromatic rings. The van der Waals surface area contributed by atoms with Gasteiger partial charge >= 0.3 is 0 Å². The Morgan fingerprint density at radius 1 is 1.21 bits per heavy atom. The molecule has 1 saturated heterocycles. The van der Waals surface area contributed by atoms with Crippen molar-refractivity contribution in [1.29, 1.82) is 0 Å². The zero-order valence-corrected chi connectivity index (χ0v) is 17.5. The fourth-order valence-corrected chi connectivity index (χ4v) is 2.83. The summed E-state index contributed by atoms with van der Waals surface area (Å²) in [5.74, 6) is 2.32. The summed E-state index contributed by atoms with van der Waals surface area (Å²) in [6, 6.07) is 5.96. The predicted molar refractivity (Wildman–Crippen MR) is 111 cm³/mol. The van der Waals surface area contributed by atoms with Crippen LogP contribution in [0.4, 0.5) is 0 Å². The van der Waals surface area contributed by atoms with Crippen LogP contribution in [0.2, 0.25) is 0 Å². The summed E-state index contributed by atoms with van der Waals surface area (Å²) in [6.45, 7) is 9.29. The largest absolute Gasteiger partial charge is 0.493 e. The molecule has 1 aliphatic rings. The molecule has 2 rings (SSSR count). The fraction of sp³-hybridized carbons (Fsp3) is 0.667. The summed E-state index contributed by atoms with van der Waals surface area (Å²) in [5, 5.41) is 6.63. The summed E-state index contributed by atoms with van der Waals surface area (Å²) < 4.78 is 22.3. The van der Waals surface area contributed by atoms with Crippen LogP contribution in [-0.2, 0) is 16.0 Å². The normalized spacial score (nSPS) is 16.8. The third-order valence-corrected chi connectivity index (χ3v) is 4.31. The molecule has 0 bridgehead atoms. The predicted octanol–water partition coefficient (Wildman–Crippen LogP) is 2.73. The van der Waals surface area contributed by atoms with E-state index in [0.29, 0.717) is 13.2 Å². The van der Waals surface area contributed by atoms with Gasteiger partial charge < -0.3 is 29.6 Å². The van der Waals surface area contributed by atoms with Gasteiger partial charge in [-0.2, -0.15) is 0 Å². The van der Waals surface area contributed by atoms with Crippen LogP contribution in [0.3, 0.4) is 0 Å². The van der Waals surface area contributed by atoms with Gasteiger partial charge in [0.05, 0.1) is 33.0 Å². The van der Waals surface area contributed by atoms with Gasteiger partial charge in [0, 0.05) is 26.3 Å².